The summed E-state index contributed by atoms with van der Waals surface area (Å²) in [5, 5.41) is 5.60. The third kappa shape index (κ3) is 6.03. The fourth-order valence-corrected chi connectivity index (χ4v) is 4.46. The number of aromatic nitrogens is 1. The molecule has 1 aliphatic rings. The van der Waals surface area contributed by atoms with Crippen LogP contribution in [0.15, 0.2) is 58.9 Å². The van der Waals surface area contributed by atoms with Crippen molar-refractivity contribution in [2.24, 2.45) is 10.7 Å². The molecule has 182 valence electrons. The third-order valence-electron chi connectivity index (χ3n) is 5.48. The van der Waals surface area contributed by atoms with E-state index in [1.165, 1.54) is 16.2 Å². The van der Waals surface area contributed by atoms with Gasteiger partial charge in [0.15, 0.2) is 11.1 Å². The molecule has 9 nitrogen and oxygen atoms in total. The predicted molar refractivity (Wildman–Crippen MR) is 135 cm³/mol. The molecule has 0 unspecified atom stereocenters. The van der Waals surface area contributed by atoms with Crippen LogP contribution in [0.5, 0.6) is 5.75 Å². The zero-order valence-electron chi connectivity index (χ0n) is 19.4. The van der Waals surface area contributed by atoms with Crippen molar-refractivity contribution in [1.82, 2.24) is 9.88 Å². The number of nitrogens with zero attached hydrogens (tertiary/aromatic N) is 3. The maximum absolute atomic E-state index is 12.4. The minimum Gasteiger partial charge on any atom is -0.496 e. The maximum atomic E-state index is 12.4. The van der Waals surface area contributed by atoms with Crippen LogP contribution in [0.25, 0.3) is 0 Å². The van der Waals surface area contributed by atoms with E-state index in [0.717, 1.165) is 17.0 Å². The quantitative estimate of drug-likeness (QED) is 0.182. The zero-order valence-corrected chi connectivity index (χ0v) is 20.2. The van der Waals surface area contributed by atoms with Crippen molar-refractivity contribution in [3.8, 4) is 5.75 Å². The molecule has 3 N–H and O–H groups in total. The Hall–Kier alpha value is -3.76. The highest BCUT2D eigenvalue weighted by Crippen LogP contribution is 2.22. The average molecular weight is 494 g/mol. The number of nitrogens with two attached hydrogens (primary N) is 1. The molecular weight excluding hydrogens is 466 g/mol. The molecule has 2 amide bonds. The molecule has 0 aliphatic carbocycles. The molecule has 0 saturated carbocycles. The first-order valence-corrected chi connectivity index (χ1v) is 12.1. The molecule has 0 saturated heterocycles. The van der Waals surface area contributed by atoms with Crippen LogP contribution in [0.2, 0.25) is 0 Å². The number of ether oxygens (including phenoxy) is 2. The van der Waals surface area contributed by atoms with Gasteiger partial charge in [-0.3, -0.25) is 19.5 Å². The van der Waals surface area contributed by atoms with Crippen molar-refractivity contribution < 1.29 is 19.1 Å². The van der Waals surface area contributed by atoms with Gasteiger partial charge in [0.05, 0.1) is 43.7 Å². The molecule has 1 aliphatic heterocycles. The molecule has 2 aromatic carbocycles. The zero-order chi connectivity index (χ0) is 24.6. The summed E-state index contributed by atoms with van der Waals surface area (Å²) in [7, 11) is 1.65. The van der Waals surface area contributed by atoms with Gasteiger partial charge < -0.3 is 20.5 Å². The molecule has 4 rings (SSSR count). The van der Waals surface area contributed by atoms with Gasteiger partial charge in [-0.05, 0) is 30.2 Å². The van der Waals surface area contributed by atoms with E-state index in [1.807, 2.05) is 29.6 Å². The van der Waals surface area contributed by atoms with E-state index >= 15 is 0 Å². The van der Waals surface area contributed by atoms with Gasteiger partial charge in [-0.1, -0.05) is 30.3 Å². The molecule has 3 aromatic rings. The first-order valence-electron chi connectivity index (χ1n) is 11.2. The lowest BCUT2D eigenvalue weighted by Gasteiger charge is -2.13. The molecule has 0 bridgehead atoms. The first-order chi connectivity index (χ1) is 17.1. The second-order valence-corrected chi connectivity index (χ2v) is 8.63. The van der Waals surface area contributed by atoms with Crippen molar-refractivity contribution in [3.05, 3.63) is 76.3 Å². The number of fused-ring (bicyclic) bond motifs is 1. The minimum absolute atomic E-state index is 0.220. The Morgan fingerprint density at radius 1 is 1.06 bits per heavy atom. The second-order valence-electron chi connectivity index (χ2n) is 7.77. The van der Waals surface area contributed by atoms with Crippen LogP contribution >= 0.6 is 11.3 Å². The van der Waals surface area contributed by atoms with Crippen molar-refractivity contribution in [2.75, 3.05) is 38.7 Å². The number of hydrogen-bond acceptors (Lipinski definition) is 7. The number of nitrogens with one attached hydrogen (secondary N) is 1. The molecule has 35 heavy (non-hydrogen) atoms. The van der Waals surface area contributed by atoms with Crippen LogP contribution in [0.1, 0.15) is 32.0 Å². The number of benzene rings is 2. The van der Waals surface area contributed by atoms with Gasteiger partial charge >= 0.3 is 0 Å². The Morgan fingerprint density at radius 2 is 1.77 bits per heavy atom. The standard InChI is InChI=1S/C25H27N5O4S/c1-33-21-9-5-2-6-17(21)10-12-27-24(26)29-25-28-18(16-35-25)11-14-34-15-13-30-22(31)19-7-3-4-8-20(19)23(30)32/h2-9,16H,10-15H2,1H3,(H3,26,27,28,29). The van der Waals surface area contributed by atoms with Gasteiger partial charge in [0.1, 0.15) is 5.75 Å². The largest absolute Gasteiger partial charge is 0.496 e. The predicted octanol–water partition coefficient (Wildman–Crippen LogP) is 2.98. The minimum atomic E-state index is -0.272. The summed E-state index contributed by atoms with van der Waals surface area (Å²) >= 11 is 1.44. The summed E-state index contributed by atoms with van der Waals surface area (Å²) in [6.45, 7) is 1.44. The molecule has 0 radical (unpaired) electrons. The molecule has 2 heterocycles. The van der Waals surface area contributed by atoms with Crippen molar-refractivity contribution >= 4 is 34.2 Å². The van der Waals surface area contributed by atoms with Crippen LogP contribution in [0, 0.1) is 0 Å². The first kappa shape index (κ1) is 24.4. The Kier molecular flexibility index (Phi) is 8.07. The summed E-state index contributed by atoms with van der Waals surface area (Å²) < 4.78 is 11.0. The lowest BCUT2D eigenvalue weighted by atomic mass is 10.1. The van der Waals surface area contributed by atoms with E-state index in [4.69, 9.17) is 15.2 Å². The van der Waals surface area contributed by atoms with Crippen molar-refractivity contribution in [1.29, 1.82) is 0 Å². The Labute approximate surface area is 207 Å². The lowest BCUT2D eigenvalue weighted by molar-refractivity contribution is 0.0565. The summed E-state index contributed by atoms with van der Waals surface area (Å²) in [5.74, 6) is 0.598. The summed E-state index contributed by atoms with van der Waals surface area (Å²) in [6.07, 6.45) is 1.32. The normalized spacial score (nSPS) is 13.3. The number of aliphatic imine (C=N–C) groups is 1. The Bertz CT molecular complexity index is 1190. The van der Waals surface area contributed by atoms with Gasteiger partial charge in [0, 0.05) is 18.3 Å². The Morgan fingerprint density at radius 3 is 2.51 bits per heavy atom. The summed E-state index contributed by atoms with van der Waals surface area (Å²) in [5.41, 5.74) is 8.82. The highest BCUT2D eigenvalue weighted by Gasteiger charge is 2.34. The van der Waals surface area contributed by atoms with Crippen LogP contribution in [-0.2, 0) is 17.6 Å². The van der Waals surface area contributed by atoms with Gasteiger partial charge in [-0.15, -0.1) is 11.3 Å². The molecule has 10 heteroatoms. The third-order valence-corrected chi connectivity index (χ3v) is 6.29. The number of anilines is 1. The van der Waals surface area contributed by atoms with E-state index in [2.05, 4.69) is 15.3 Å². The number of thiazole rings is 1. The number of para-hydroxylation sites is 1. The van der Waals surface area contributed by atoms with Gasteiger partial charge in [0.2, 0.25) is 0 Å². The van der Waals surface area contributed by atoms with E-state index < -0.39 is 0 Å². The number of rotatable bonds is 11. The van der Waals surface area contributed by atoms with E-state index in [-0.39, 0.29) is 25.0 Å². The van der Waals surface area contributed by atoms with E-state index in [1.54, 1.807) is 31.4 Å². The van der Waals surface area contributed by atoms with Crippen molar-refractivity contribution in [2.45, 2.75) is 12.8 Å². The summed E-state index contributed by atoms with van der Waals surface area (Å²) in [6, 6.07) is 14.7. The number of guanidine groups is 1. The fourth-order valence-electron chi connectivity index (χ4n) is 3.71. The van der Waals surface area contributed by atoms with Crippen LogP contribution in [0.4, 0.5) is 5.13 Å². The molecular formula is C25H27N5O4S. The monoisotopic (exact) mass is 493 g/mol. The van der Waals surface area contributed by atoms with E-state index in [0.29, 0.717) is 48.2 Å². The second kappa shape index (κ2) is 11.6. The highest BCUT2D eigenvalue weighted by molar-refractivity contribution is 7.13. The number of carbonyl (C=O) groups is 2. The molecule has 0 fully saturated rings. The average Bonchev–Trinajstić information content (AvgIpc) is 3.41. The molecule has 0 atom stereocenters. The van der Waals surface area contributed by atoms with Crippen molar-refractivity contribution in [3.63, 3.8) is 0 Å². The fraction of sp³-hybridized carbons (Fsp3) is 0.280. The highest BCUT2D eigenvalue weighted by atomic mass is 32.1. The number of hydrogen-bond donors (Lipinski definition) is 2. The van der Waals surface area contributed by atoms with Gasteiger partial charge in [0.25, 0.3) is 11.8 Å². The van der Waals surface area contributed by atoms with Gasteiger partial charge in [-0.2, -0.15) is 0 Å². The van der Waals surface area contributed by atoms with E-state index in [9.17, 15) is 9.59 Å². The van der Waals surface area contributed by atoms with Crippen LogP contribution < -0.4 is 15.8 Å². The molecule has 1 aromatic heterocycles. The lowest BCUT2D eigenvalue weighted by Crippen LogP contribution is -2.33. The topological polar surface area (TPSA) is 119 Å². The smallest absolute Gasteiger partial charge is 0.261 e. The van der Waals surface area contributed by atoms with Crippen LogP contribution in [-0.4, -0.2) is 61.1 Å². The SMILES string of the molecule is COc1ccccc1CCN=C(N)Nc1nc(CCOCCN2C(=O)c3ccccc3C2=O)cs1. The molecule has 0 spiro atoms. The number of methoxy groups -OCH3 is 1. The number of carbonyl (C=O) groups excluding carboxylic acids is 2. The van der Waals surface area contributed by atoms with Crippen LogP contribution in [0.3, 0.4) is 0 Å². The maximum Gasteiger partial charge on any atom is 0.261 e. The van der Waals surface area contributed by atoms with Gasteiger partial charge in [-0.25, -0.2) is 4.98 Å². The number of amides is 2. The summed E-state index contributed by atoms with van der Waals surface area (Å²) in [4.78, 5) is 34.8. The number of imide groups is 1. The Balaban J connectivity index is 1.16.